The van der Waals surface area contributed by atoms with Gasteiger partial charge in [-0.15, -0.1) is 16.6 Å². The molecule has 7 nitrogen and oxygen atoms in total. The van der Waals surface area contributed by atoms with Gasteiger partial charge in [0.25, 0.3) is 5.91 Å². The molecule has 158 valence electrons. The average Bonchev–Trinajstić information content (AvgIpc) is 2.82. The fraction of sp³-hybridized carbons (Fsp3) is 0.261. The van der Waals surface area contributed by atoms with E-state index >= 15 is 0 Å². The van der Waals surface area contributed by atoms with Gasteiger partial charge in [-0.1, -0.05) is 41.8 Å². The number of hydrogen-bond acceptors (Lipinski definition) is 6. The molecule has 0 aliphatic carbocycles. The van der Waals surface area contributed by atoms with Crippen LogP contribution in [0.3, 0.4) is 0 Å². The van der Waals surface area contributed by atoms with Crippen molar-refractivity contribution < 1.29 is 9.53 Å². The number of fused-ring (bicyclic) bond motifs is 1. The first-order chi connectivity index (χ1) is 15.1. The lowest BCUT2D eigenvalue weighted by molar-refractivity contribution is 0.0954. The second-order valence-corrected chi connectivity index (χ2v) is 7.53. The third-order valence-corrected chi connectivity index (χ3v) is 5.53. The molecule has 1 amide bonds. The number of anilines is 2. The molecule has 2 aromatic carbocycles. The largest absolute Gasteiger partial charge is 0.495 e. The Morgan fingerprint density at radius 2 is 1.84 bits per heavy atom. The molecule has 31 heavy (non-hydrogen) atoms. The van der Waals surface area contributed by atoms with Crippen molar-refractivity contribution in [3.63, 3.8) is 0 Å². The van der Waals surface area contributed by atoms with Gasteiger partial charge in [-0.3, -0.25) is 4.79 Å². The highest BCUT2D eigenvalue weighted by atomic mass is 35.5. The van der Waals surface area contributed by atoms with E-state index in [9.17, 15) is 4.79 Å². The van der Waals surface area contributed by atoms with Crippen molar-refractivity contribution in [1.82, 2.24) is 15.5 Å². The van der Waals surface area contributed by atoms with Gasteiger partial charge in [0.1, 0.15) is 5.75 Å². The normalized spacial score (nSPS) is 13.7. The van der Waals surface area contributed by atoms with Crippen LogP contribution in [0, 0.1) is 12.3 Å². The van der Waals surface area contributed by atoms with E-state index in [4.69, 9.17) is 22.8 Å². The van der Waals surface area contributed by atoms with Crippen molar-refractivity contribution in [2.75, 3.05) is 49.6 Å². The number of halogens is 1. The van der Waals surface area contributed by atoms with E-state index in [2.05, 4.69) is 31.2 Å². The van der Waals surface area contributed by atoms with Gasteiger partial charge in [0.15, 0.2) is 11.5 Å². The van der Waals surface area contributed by atoms with Gasteiger partial charge in [-0.25, -0.2) is 0 Å². The third kappa shape index (κ3) is 4.21. The van der Waals surface area contributed by atoms with Gasteiger partial charge in [0.05, 0.1) is 19.3 Å². The molecule has 1 saturated heterocycles. The van der Waals surface area contributed by atoms with Crippen LogP contribution in [0.15, 0.2) is 42.5 Å². The van der Waals surface area contributed by atoms with Crippen LogP contribution in [0.25, 0.3) is 10.8 Å². The quantitative estimate of drug-likeness (QED) is 0.621. The lowest BCUT2D eigenvalue weighted by Crippen LogP contribution is -2.47. The molecule has 2 heterocycles. The number of carbonyl (C=O) groups excluding carboxylic acids is 1. The molecule has 0 radical (unpaired) electrons. The summed E-state index contributed by atoms with van der Waals surface area (Å²) in [6, 6.07) is 13.3. The summed E-state index contributed by atoms with van der Waals surface area (Å²) in [5, 5.41) is 13.6. The monoisotopic (exact) mass is 435 g/mol. The number of methoxy groups -OCH3 is 1. The van der Waals surface area contributed by atoms with Crippen LogP contribution in [0.4, 0.5) is 11.5 Å². The molecule has 0 spiro atoms. The minimum Gasteiger partial charge on any atom is -0.495 e. The van der Waals surface area contributed by atoms with E-state index in [1.807, 2.05) is 42.5 Å². The number of carbonyl (C=O) groups is 1. The van der Waals surface area contributed by atoms with Crippen LogP contribution in [0.5, 0.6) is 5.75 Å². The summed E-state index contributed by atoms with van der Waals surface area (Å²) in [4.78, 5) is 16.9. The summed E-state index contributed by atoms with van der Waals surface area (Å²) in [7, 11) is 1.66. The van der Waals surface area contributed by atoms with Gasteiger partial charge < -0.3 is 19.9 Å². The van der Waals surface area contributed by atoms with E-state index in [0.717, 1.165) is 54.2 Å². The van der Waals surface area contributed by atoms with Crippen molar-refractivity contribution in [2.24, 2.45) is 0 Å². The number of piperazine rings is 1. The molecule has 0 saturated carbocycles. The Morgan fingerprint density at radius 3 is 2.55 bits per heavy atom. The van der Waals surface area contributed by atoms with E-state index in [1.54, 1.807) is 7.11 Å². The van der Waals surface area contributed by atoms with Gasteiger partial charge in [-0.2, -0.15) is 0 Å². The maximum absolute atomic E-state index is 12.4. The minimum atomic E-state index is -0.328. The number of nitrogens with one attached hydrogen (secondary N) is 1. The highest BCUT2D eigenvalue weighted by Crippen LogP contribution is 2.33. The standard InChI is InChI=1S/C23H22ClN5O2/c1-3-10-25-23(30)21-17-6-4-5-7-18(17)22(27-26-21)29-13-11-28(12-14-29)19-15-16(24)8-9-20(19)31-2/h1,4-9,15H,10-14H2,2H3,(H,25,30). The Bertz CT molecular complexity index is 1150. The maximum atomic E-state index is 12.4. The lowest BCUT2D eigenvalue weighted by Gasteiger charge is -2.37. The first-order valence-electron chi connectivity index (χ1n) is 9.93. The number of amides is 1. The summed E-state index contributed by atoms with van der Waals surface area (Å²) in [5.41, 5.74) is 1.25. The molecule has 1 N–H and O–H groups in total. The summed E-state index contributed by atoms with van der Waals surface area (Å²) in [6.45, 7) is 3.19. The van der Waals surface area contributed by atoms with Crippen molar-refractivity contribution in [1.29, 1.82) is 0 Å². The number of ether oxygens (including phenoxy) is 1. The van der Waals surface area contributed by atoms with Crippen LogP contribution >= 0.6 is 11.6 Å². The Hall–Kier alpha value is -3.50. The molecule has 3 aromatic rings. The smallest absolute Gasteiger partial charge is 0.273 e. The zero-order chi connectivity index (χ0) is 21.8. The number of hydrogen-bond donors (Lipinski definition) is 1. The molecule has 8 heteroatoms. The first kappa shape index (κ1) is 20.8. The van der Waals surface area contributed by atoms with E-state index in [1.165, 1.54) is 0 Å². The molecule has 1 aliphatic rings. The molecule has 0 atom stereocenters. The fourth-order valence-electron chi connectivity index (χ4n) is 3.78. The SMILES string of the molecule is C#CCNC(=O)c1nnc(N2CCN(c3cc(Cl)ccc3OC)CC2)c2ccccc12. The predicted octanol–water partition coefficient (Wildman–Crippen LogP) is 2.98. The highest BCUT2D eigenvalue weighted by Gasteiger charge is 2.24. The number of terminal acetylenes is 1. The molecular weight excluding hydrogens is 414 g/mol. The number of nitrogens with zero attached hydrogens (tertiary/aromatic N) is 4. The Balaban J connectivity index is 1.58. The topological polar surface area (TPSA) is 70.6 Å². The Labute approximate surface area is 186 Å². The molecule has 0 bridgehead atoms. The van der Waals surface area contributed by atoms with Gasteiger partial charge in [0.2, 0.25) is 0 Å². The lowest BCUT2D eigenvalue weighted by atomic mass is 10.1. The number of benzene rings is 2. The van der Waals surface area contributed by atoms with E-state index in [0.29, 0.717) is 5.02 Å². The van der Waals surface area contributed by atoms with Crippen LogP contribution < -0.4 is 19.9 Å². The average molecular weight is 436 g/mol. The summed E-state index contributed by atoms with van der Waals surface area (Å²) >= 11 is 6.20. The van der Waals surface area contributed by atoms with Crippen LogP contribution in [0.1, 0.15) is 10.5 Å². The van der Waals surface area contributed by atoms with Gasteiger partial charge in [-0.05, 0) is 18.2 Å². The summed E-state index contributed by atoms with van der Waals surface area (Å²) < 4.78 is 5.50. The minimum absolute atomic E-state index is 0.144. The van der Waals surface area contributed by atoms with Crippen molar-refractivity contribution >= 4 is 39.8 Å². The number of rotatable bonds is 5. The fourth-order valence-corrected chi connectivity index (χ4v) is 3.94. The maximum Gasteiger partial charge on any atom is 0.273 e. The first-order valence-corrected chi connectivity index (χ1v) is 10.3. The van der Waals surface area contributed by atoms with Crippen LogP contribution in [0.2, 0.25) is 5.02 Å². The molecule has 0 unspecified atom stereocenters. The zero-order valence-electron chi connectivity index (χ0n) is 17.1. The van der Waals surface area contributed by atoms with Crippen molar-refractivity contribution in [3.8, 4) is 18.1 Å². The van der Waals surface area contributed by atoms with Gasteiger partial charge in [0, 0.05) is 42.0 Å². The van der Waals surface area contributed by atoms with Crippen molar-refractivity contribution in [3.05, 3.63) is 53.2 Å². The van der Waals surface area contributed by atoms with Gasteiger partial charge >= 0.3 is 0 Å². The second-order valence-electron chi connectivity index (χ2n) is 7.09. The molecule has 1 aromatic heterocycles. The molecule has 1 fully saturated rings. The molecule has 1 aliphatic heterocycles. The molecular formula is C23H22ClN5O2. The predicted molar refractivity (Wildman–Crippen MR) is 123 cm³/mol. The zero-order valence-corrected chi connectivity index (χ0v) is 17.9. The van der Waals surface area contributed by atoms with Crippen LogP contribution in [-0.2, 0) is 0 Å². The highest BCUT2D eigenvalue weighted by molar-refractivity contribution is 6.31. The third-order valence-electron chi connectivity index (χ3n) is 5.29. The van der Waals surface area contributed by atoms with Crippen molar-refractivity contribution in [2.45, 2.75) is 0 Å². The Kier molecular flexibility index (Phi) is 6.10. The van der Waals surface area contributed by atoms with Crippen LogP contribution in [-0.4, -0.2) is 55.9 Å². The molecule has 4 rings (SSSR count). The summed E-state index contributed by atoms with van der Waals surface area (Å²) in [5.74, 6) is 3.63. The summed E-state index contributed by atoms with van der Waals surface area (Å²) in [6.07, 6.45) is 5.24. The van der Waals surface area contributed by atoms with E-state index in [-0.39, 0.29) is 18.1 Å². The Morgan fingerprint density at radius 1 is 1.13 bits per heavy atom. The number of aromatic nitrogens is 2. The van der Waals surface area contributed by atoms with E-state index < -0.39 is 0 Å². The second kappa shape index (κ2) is 9.11.